The lowest BCUT2D eigenvalue weighted by Crippen LogP contribution is -2.26. The fourth-order valence-electron chi connectivity index (χ4n) is 2.12. The zero-order chi connectivity index (χ0) is 14.1. The van der Waals surface area contributed by atoms with Gasteiger partial charge in [0.05, 0.1) is 11.3 Å². The van der Waals surface area contributed by atoms with Crippen molar-refractivity contribution in [1.29, 1.82) is 5.26 Å². The van der Waals surface area contributed by atoms with E-state index in [0.29, 0.717) is 0 Å². The molecule has 0 radical (unpaired) electrons. The molecule has 0 aliphatic rings. The molecule has 0 bridgehead atoms. The van der Waals surface area contributed by atoms with Crippen molar-refractivity contribution in [3.63, 3.8) is 0 Å². The van der Waals surface area contributed by atoms with E-state index in [0.717, 1.165) is 29.2 Å². The molecule has 2 nitrogen and oxygen atoms in total. The smallest absolute Gasteiger partial charge is 0.103 e. The average Bonchev–Trinajstić information content (AvgIpc) is 2.46. The van der Waals surface area contributed by atoms with Gasteiger partial charge in [-0.15, -0.1) is 11.8 Å². The molecule has 0 spiro atoms. The van der Waals surface area contributed by atoms with Gasteiger partial charge in [-0.3, -0.25) is 0 Å². The van der Waals surface area contributed by atoms with Crippen molar-refractivity contribution in [1.82, 2.24) is 0 Å². The van der Waals surface area contributed by atoms with Gasteiger partial charge in [-0.1, -0.05) is 32.8 Å². The van der Waals surface area contributed by atoms with Crippen LogP contribution in [0.5, 0.6) is 0 Å². The highest BCUT2D eigenvalue weighted by Gasteiger charge is 2.13. The largest absolute Gasteiger partial charge is 0.370 e. The van der Waals surface area contributed by atoms with Gasteiger partial charge in [0.25, 0.3) is 0 Å². The van der Waals surface area contributed by atoms with Gasteiger partial charge < -0.3 is 4.90 Å². The Bertz CT molecular complexity index is 415. The molecule has 3 heteroatoms. The number of nitrogens with zero attached hydrogens (tertiary/aromatic N) is 2. The van der Waals surface area contributed by atoms with Crippen molar-refractivity contribution < 1.29 is 0 Å². The van der Waals surface area contributed by atoms with Crippen LogP contribution in [0.3, 0.4) is 0 Å². The molecule has 0 amide bonds. The minimum absolute atomic E-state index is 0.835. The summed E-state index contributed by atoms with van der Waals surface area (Å²) in [6, 6.07) is 8.57. The molecule has 0 aliphatic heterocycles. The molecule has 0 unspecified atom stereocenters. The molecule has 104 valence electrons. The van der Waals surface area contributed by atoms with Crippen LogP contribution in [0.1, 0.15) is 45.1 Å². The van der Waals surface area contributed by atoms with Crippen molar-refractivity contribution in [2.75, 3.05) is 24.2 Å². The Morgan fingerprint density at radius 1 is 1.16 bits per heavy atom. The van der Waals surface area contributed by atoms with Gasteiger partial charge in [0.15, 0.2) is 0 Å². The second-order valence-corrected chi connectivity index (χ2v) is 5.51. The maximum Gasteiger partial charge on any atom is 0.103 e. The van der Waals surface area contributed by atoms with Gasteiger partial charge in [0, 0.05) is 18.0 Å². The van der Waals surface area contributed by atoms with Crippen molar-refractivity contribution in [2.24, 2.45) is 0 Å². The SMILES string of the molecule is CCCCN(CCCC)c1cccc(SC)c1C#N. The van der Waals surface area contributed by atoms with E-state index < -0.39 is 0 Å². The fraction of sp³-hybridized carbons (Fsp3) is 0.562. The number of anilines is 1. The summed E-state index contributed by atoms with van der Waals surface area (Å²) in [6.07, 6.45) is 6.76. The molecule has 0 saturated heterocycles. The molecule has 0 atom stereocenters. The molecule has 1 aromatic rings. The second-order valence-electron chi connectivity index (χ2n) is 4.66. The summed E-state index contributed by atoms with van der Waals surface area (Å²) in [7, 11) is 0. The second kappa shape index (κ2) is 8.87. The van der Waals surface area contributed by atoms with Crippen LogP contribution in [0.25, 0.3) is 0 Å². The molecule has 0 saturated carbocycles. The predicted molar refractivity (Wildman–Crippen MR) is 85.0 cm³/mol. The van der Waals surface area contributed by atoms with Crippen molar-refractivity contribution in [3.8, 4) is 6.07 Å². The van der Waals surface area contributed by atoms with Crippen molar-refractivity contribution in [3.05, 3.63) is 23.8 Å². The number of nitriles is 1. The van der Waals surface area contributed by atoms with Crippen LogP contribution in [0.15, 0.2) is 23.1 Å². The Labute approximate surface area is 121 Å². The molecular weight excluding hydrogens is 252 g/mol. The maximum absolute atomic E-state index is 9.44. The van der Waals surface area contributed by atoms with E-state index >= 15 is 0 Å². The van der Waals surface area contributed by atoms with E-state index in [2.05, 4.69) is 36.9 Å². The minimum Gasteiger partial charge on any atom is -0.370 e. The van der Waals surface area contributed by atoms with Gasteiger partial charge in [0.2, 0.25) is 0 Å². The van der Waals surface area contributed by atoms with Gasteiger partial charge in [0.1, 0.15) is 6.07 Å². The standard InChI is InChI=1S/C16H24N2S/c1-4-6-11-18(12-7-5-2)15-9-8-10-16(19-3)14(15)13-17/h8-10H,4-7,11-12H2,1-3H3. The summed E-state index contributed by atoms with van der Waals surface area (Å²) in [5.74, 6) is 0. The number of benzene rings is 1. The summed E-state index contributed by atoms with van der Waals surface area (Å²) in [5, 5.41) is 9.44. The Hall–Kier alpha value is -1.14. The highest BCUT2D eigenvalue weighted by molar-refractivity contribution is 7.98. The van der Waals surface area contributed by atoms with Crippen LogP contribution in [0.4, 0.5) is 5.69 Å². The Morgan fingerprint density at radius 2 is 1.79 bits per heavy atom. The van der Waals surface area contributed by atoms with E-state index in [-0.39, 0.29) is 0 Å². The number of unbranched alkanes of at least 4 members (excludes halogenated alkanes) is 2. The van der Waals surface area contributed by atoms with Gasteiger partial charge >= 0.3 is 0 Å². The Kier molecular flexibility index (Phi) is 7.43. The molecule has 0 heterocycles. The first-order valence-corrected chi connectivity index (χ1v) is 8.33. The van der Waals surface area contributed by atoms with Gasteiger partial charge in [-0.2, -0.15) is 5.26 Å². The van der Waals surface area contributed by atoms with E-state index in [1.54, 1.807) is 11.8 Å². The highest BCUT2D eigenvalue weighted by atomic mass is 32.2. The third-order valence-electron chi connectivity index (χ3n) is 3.24. The average molecular weight is 276 g/mol. The first-order chi connectivity index (χ1) is 9.28. The first kappa shape index (κ1) is 15.9. The fourth-order valence-corrected chi connectivity index (χ4v) is 2.69. The molecular formula is C16H24N2S. The maximum atomic E-state index is 9.44. The van der Waals surface area contributed by atoms with Crippen LogP contribution >= 0.6 is 11.8 Å². The lowest BCUT2D eigenvalue weighted by molar-refractivity contribution is 0.677. The molecule has 0 N–H and O–H groups in total. The lowest BCUT2D eigenvalue weighted by atomic mass is 10.1. The van der Waals surface area contributed by atoms with E-state index in [4.69, 9.17) is 0 Å². The Balaban J connectivity index is 3.03. The van der Waals surface area contributed by atoms with Crippen LogP contribution < -0.4 is 4.90 Å². The van der Waals surface area contributed by atoms with Gasteiger partial charge in [-0.05, 0) is 31.2 Å². The molecule has 0 fully saturated rings. The highest BCUT2D eigenvalue weighted by Crippen LogP contribution is 2.29. The van der Waals surface area contributed by atoms with Crippen LogP contribution in [-0.2, 0) is 0 Å². The first-order valence-electron chi connectivity index (χ1n) is 7.10. The predicted octanol–water partition coefficient (Wildman–Crippen LogP) is 4.69. The molecule has 1 aromatic carbocycles. The normalized spacial score (nSPS) is 10.2. The minimum atomic E-state index is 0.835. The van der Waals surface area contributed by atoms with Crippen LogP contribution in [0, 0.1) is 11.3 Å². The van der Waals surface area contributed by atoms with Crippen molar-refractivity contribution in [2.45, 2.75) is 44.4 Å². The number of hydrogen-bond acceptors (Lipinski definition) is 3. The van der Waals surface area contributed by atoms with E-state index in [1.165, 1.54) is 25.7 Å². The number of hydrogen-bond donors (Lipinski definition) is 0. The molecule has 19 heavy (non-hydrogen) atoms. The molecule has 0 aromatic heterocycles. The quantitative estimate of drug-likeness (QED) is 0.645. The summed E-state index contributed by atoms with van der Waals surface area (Å²) in [5.41, 5.74) is 1.94. The third-order valence-corrected chi connectivity index (χ3v) is 4.02. The number of thioether (sulfide) groups is 1. The topological polar surface area (TPSA) is 27.0 Å². The summed E-state index contributed by atoms with van der Waals surface area (Å²) in [4.78, 5) is 3.46. The summed E-state index contributed by atoms with van der Waals surface area (Å²) < 4.78 is 0. The summed E-state index contributed by atoms with van der Waals surface area (Å²) >= 11 is 1.65. The van der Waals surface area contributed by atoms with Gasteiger partial charge in [-0.25, -0.2) is 0 Å². The van der Waals surface area contributed by atoms with E-state index in [1.807, 2.05) is 12.3 Å². The van der Waals surface area contributed by atoms with Crippen LogP contribution in [-0.4, -0.2) is 19.3 Å². The molecule has 0 aliphatic carbocycles. The molecule has 1 rings (SSSR count). The zero-order valence-corrected chi connectivity index (χ0v) is 13.1. The third kappa shape index (κ3) is 4.47. The lowest BCUT2D eigenvalue weighted by Gasteiger charge is -2.26. The van der Waals surface area contributed by atoms with Crippen LogP contribution in [0.2, 0.25) is 0 Å². The Morgan fingerprint density at radius 3 is 2.26 bits per heavy atom. The zero-order valence-electron chi connectivity index (χ0n) is 12.3. The summed E-state index contributed by atoms with van der Waals surface area (Å²) in [6.45, 7) is 6.51. The van der Waals surface area contributed by atoms with Crippen molar-refractivity contribution >= 4 is 17.4 Å². The number of rotatable bonds is 8. The van der Waals surface area contributed by atoms with E-state index in [9.17, 15) is 5.26 Å². The monoisotopic (exact) mass is 276 g/mol.